The summed E-state index contributed by atoms with van der Waals surface area (Å²) in [6.07, 6.45) is 1.09. The lowest BCUT2D eigenvalue weighted by atomic mass is 9.83. The van der Waals surface area contributed by atoms with Crippen LogP contribution in [0.1, 0.15) is 44.2 Å². The van der Waals surface area contributed by atoms with E-state index in [0.717, 1.165) is 17.7 Å². The molecule has 1 N–H and O–H groups in total. The number of anilines is 1. The van der Waals surface area contributed by atoms with E-state index in [1.807, 2.05) is 6.07 Å². The Morgan fingerprint density at radius 3 is 2.65 bits per heavy atom. The van der Waals surface area contributed by atoms with Crippen LogP contribution in [0.15, 0.2) is 18.2 Å². The molecule has 2 unspecified atom stereocenters. The third kappa shape index (κ3) is 2.21. The fourth-order valence-corrected chi connectivity index (χ4v) is 2.91. The number of carbonyl (C=O) groups excluding carboxylic acids is 1. The molecule has 0 fully saturated rings. The number of aryl methyl sites for hydroxylation is 1. The summed E-state index contributed by atoms with van der Waals surface area (Å²) >= 11 is 0. The van der Waals surface area contributed by atoms with Gasteiger partial charge in [-0.1, -0.05) is 39.0 Å². The molecular formula is C15H21NO. The number of hydrogen-bond donors (Lipinski definition) is 1. The molecule has 2 atom stereocenters. The largest absolute Gasteiger partial charge is 0.325 e. The highest BCUT2D eigenvalue weighted by atomic mass is 16.2. The smallest absolute Gasteiger partial charge is 0.232 e. The van der Waals surface area contributed by atoms with Crippen LogP contribution in [0.4, 0.5) is 5.69 Å². The van der Waals surface area contributed by atoms with Crippen LogP contribution in [-0.4, -0.2) is 5.91 Å². The van der Waals surface area contributed by atoms with E-state index in [2.05, 4.69) is 45.1 Å². The monoisotopic (exact) mass is 231 g/mol. The van der Waals surface area contributed by atoms with Crippen LogP contribution in [0.3, 0.4) is 0 Å². The molecule has 2 rings (SSSR count). The number of carbonyl (C=O) groups is 1. The summed E-state index contributed by atoms with van der Waals surface area (Å²) in [5.74, 6) is 1.24. The van der Waals surface area contributed by atoms with Crippen molar-refractivity contribution < 1.29 is 4.79 Å². The minimum Gasteiger partial charge on any atom is -0.325 e. The zero-order valence-corrected chi connectivity index (χ0v) is 11.1. The first-order chi connectivity index (χ1) is 8.00. The lowest BCUT2D eigenvalue weighted by molar-refractivity contribution is -0.118. The number of rotatable bonds is 3. The van der Waals surface area contributed by atoms with Crippen LogP contribution < -0.4 is 5.32 Å². The van der Waals surface area contributed by atoms with Crippen molar-refractivity contribution in [2.45, 2.75) is 40.0 Å². The van der Waals surface area contributed by atoms with Crippen molar-refractivity contribution in [3.63, 3.8) is 0 Å². The first kappa shape index (κ1) is 12.2. The van der Waals surface area contributed by atoms with E-state index in [-0.39, 0.29) is 11.8 Å². The van der Waals surface area contributed by atoms with E-state index >= 15 is 0 Å². The SMILES string of the molecule is Cc1cccc2c1NC(=O)C2C(C)CC(C)C. The molecule has 0 aromatic heterocycles. The van der Waals surface area contributed by atoms with Gasteiger partial charge in [-0.3, -0.25) is 4.79 Å². The van der Waals surface area contributed by atoms with Crippen molar-refractivity contribution >= 4 is 11.6 Å². The quantitative estimate of drug-likeness (QED) is 0.844. The molecule has 92 valence electrons. The van der Waals surface area contributed by atoms with Gasteiger partial charge in [-0.2, -0.15) is 0 Å². The van der Waals surface area contributed by atoms with E-state index in [1.54, 1.807) is 0 Å². The fourth-order valence-electron chi connectivity index (χ4n) is 2.91. The Morgan fingerprint density at radius 2 is 2.00 bits per heavy atom. The molecule has 0 saturated heterocycles. The summed E-state index contributed by atoms with van der Waals surface area (Å²) in [5.41, 5.74) is 3.39. The van der Waals surface area contributed by atoms with Crippen LogP contribution in [0.5, 0.6) is 0 Å². The Morgan fingerprint density at radius 1 is 1.29 bits per heavy atom. The average molecular weight is 231 g/mol. The van der Waals surface area contributed by atoms with Crippen LogP contribution in [-0.2, 0) is 4.79 Å². The van der Waals surface area contributed by atoms with Gasteiger partial charge in [-0.05, 0) is 36.3 Å². The molecule has 0 bridgehead atoms. The van der Waals surface area contributed by atoms with Gasteiger partial charge < -0.3 is 5.32 Å². The van der Waals surface area contributed by atoms with Gasteiger partial charge in [0.05, 0.1) is 5.92 Å². The highest BCUT2D eigenvalue weighted by Crippen LogP contribution is 2.40. The second kappa shape index (κ2) is 4.52. The highest BCUT2D eigenvalue weighted by Gasteiger charge is 2.35. The first-order valence-corrected chi connectivity index (χ1v) is 6.41. The van der Waals surface area contributed by atoms with Crippen LogP contribution in [0.2, 0.25) is 0 Å². The second-order valence-electron chi connectivity index (χ2n) is 5.61. The van der Waals surface area contributed by atoms with Gasteiger partial charge in [0.2, 0.25) is 5.91 Å². The molecule has 0 spiro atoms. The normalized spacial score (nSPS) is 20.3. The molecule has 0 radical (unpaired) electrons. The molecule has 17 heavy (non-hydrogen) atoms. The van der Waals surface area contributed by atoms with Gasteiger partial charge in [0, 0.05) is 5.69 Å². The van der Waals surface area contributed by atoms with Crippen LogP contribution in [0.25, 0.3) is 0 Å². The fraction of sp³-hybridized carbons (Fsp3) is 0.533. The molecule has 0 saturated carbocycles. The molecular weight excluding hydrogens is 210 g/mol. The first-order valence-electron chi connectivity index (χ1n) is 6.41. The second-order valence-corrected chi connectivity index (χ2v) is 5.61. The van der Waals surface area contributed by atoms with Gasteiger partial charge in [-0.15, -0.1) is 0 Å². The minimum absolute atomic E-state index is 0.0345. The molecule has 2 heteroatoms. The molecule has 1 aliphatic rings. The molecule has 0 aliphatic carbocycles. The predicted octanol–water partition coefficient (Wildman–Crippen LogP) is 3.71. The Hall–Kier alpha value is -1.31. The van der Waals surface area contributed by atoms with Crippen LogP contribution in [0, 0.1) is 18.8 Å². The Kier molecular flexibility index (Phi) is 3.23. The number of para-hydroxylation sites is 1. The summed E-state index contributed by atoms with van der Waals surface area (Å²) in [5, 5.41) is 3.03. The Bertz CT molecular complexity index is 437. The van der Waals surface area contributed by atoms with Crippen LogP contribution >= 0.6 is 0 Å². The molecule has 1 aliphatic heterocycles. The van der Waals surface area contributed by atoms with Crippen molar-refractivity contribution in [2.24, 2.45) is 11.8 Å². The van der Waals surface area contributed by atoms with E-state index in [0.29, 0.717) is 11.8 Å². The van der Waals surface area contributed by atoms with Crippen molar-refractivity contribution in [1.82, 2.24) is 0 Å². The third-order valence-electron chi connectivity index (χ3n) is 3.58. The van der Waals surface area contributed by atoms with E-state index < -0.39 is 0 Å². The molecule has 2 nitrogen and oxygen atoms in total. The van der Waals surface area contributed by atoms with Gasteiger partial charge in [-0.25, -0.2) is 0 Å². The number of amides is 1. The number of fused-ring (bicyclic) bond motifs is 1. The molecule has 1 aromatic rings. The Balaban J connectivity index is 2.32. The highest BCUT2D eigenvalue weighted by molar-refractivity contribution is 6.03. The summed E-state index contributed by atoms with van der Waals surface area (Å²) < 4.78 is 0. The Labute approximate surface area is 103 Å². The number of benzene rings is 1. The van der Waals surface area contributed by atoms with Crippen molar-refractivity contribution in [3.05, 3.63) is 29.3 Å². The maximum Gasteiger partial charge on any atom is 0.232 e. The molecule has 1 aromatic carbocycles. The van der Waals surface area contributed by atoms with Crippen molar-refractivity contribution in [3.8, 4) is 0 Å². The number of nitrogens with one attached hydrogen (secondary N) is 1. The van der Waals surface area contributed by atoms with E-state index in [9.17, 15) is 4.79 Å². The average Bonchev–Trinajstić information content (AvgIpc) is 2.55. The third-order valence-corrected chi connectivity index (χ3v) is 3.58. The summed E-state index contributed by atoms with van der Waals surface area (Å²) in [7, 11) is 0. The standard InChI is InChI=1S/C15H21NO/c1-9(2)8-11(4)13-12-7-5-6-10(3)14(12)16-15(13)17/h5-7,9,11,13H,8H2,1-4H3,(H,16,17). The van der Waals surface area contributed by atoms with E-state index in [1.165, 1.54) is 5.56 Å². The summed E-state index contributed by atoms with van der Waals surface area (Å²) in [6.45, 7) is 8.65. The van der Waals surface area contributed by atoms with E-state index in [4.69, 9.17) is 0 Å². The zero-order valence-electron chi connectivity index (χ0n) is 11.1. The summed E-state index contributed by atoms with van der Waals surface area (Å²) in [6, 6.07) is 6.18. The van der Waals surface area contributed by atoms with Crippen molar-refractivity contribution in [1.29, 1.82) is 0 Å². The molecule has 1 heterocycles. The van der Waals surface area contributed by atoms with Crippen molar-refractivity contribution in [2.75, 3.05) is 5.32 Å². The zero-order chi connectivity index (χ0) is 12.6. The molecule has 1 amide bonds. The topological polar surface area (TPSA) is 29.1 Å². The predicted molar refractivity (Wildman–Crippen MR) is 71.2 cm³/mol. The number of hydrogen-bond acceptors (Lipinski definition) is 1. The van der Waals surface area contributed by atoms with Gasteiger partial charge in [0.1, 0.15) is 0 Å². The summed E-state index contributed by atoms with van der Waals surface area (Å²) in [4.78, 5) is 12.1. The van der Waals surface area contributed by atoms with Gasteiger partial charge in [0.15, 0.2) is 0 Å². The maximum absolute atomic E-state index is 12.1. The lowest BCUT2D eigenvalue weighted by Gasteiger charge is -2.19. The maximum atomic E-state index is 12.1. The van der Waals surface area contributed by atoms with Gasteiger partial charge in [0.25, 0.3) is 0 Å². The van der Waals surface area contributed by atoms with Gasteiger partial charge >= 0.3 is 0 Å². The lowest BCUT2D eigenvalue weighted by Crippen LogP contribution is -2.20. The minimum atomic E-state index is 0.0345.